The molecule has 1 N–H and O–H groups in total. The number of rotatable bonds is 7. The van der Waals surface area contributed by atoms with Crippen LogP contribution in [0.25, 0.3) is 0 Å². The fourth-order valence-electron chi connectivity index (χ4n) is 1.04. The van der Waals surface area contributed by atoms with E-state index < -0.39 is 0 Å². The monoisotopic (exact) mass is 243 g/mol. The Morgan fingerprint density at radius 2 is 2.25 bits per heavy atom. The number of hydrogen-bond acceptors (Lipinski definition) is 6. The third-order valence-electron chi connectivity index (χ3n) is 1.93. The SMILES string of the molecule is CCc1nsnc1OCC(=O)CNC(C)C. The van der Waals surface area contributed by atoms with Crippen LogP contribution in [-0.2, 0) is 11.2 Å². The maximum Gasteiger partial charge on any atom is 0.249 e. The minimum atomic E-state index is 0.0174. The lowest BCUT2D eigenvalue weighted by molar-refractivity contribution is -0.120. The highest BCUT2D eigenvalue weighted by Crippen LogP contribution is 2.15. The van der Waals surface area contributed by atoms with Gasteiger partial charge < -0.3 is 10.1 Å². The molecular formula is C10H17N3O2S. The second kappa shape index (κ2) is 6.55. The summed E-state index contributed by atoms with van der Waals surface area (Å²) in [7, 11) is 0. The van der Waals surface area contributed by atoms with Crippen molar-refractivity contribution in [3.05, 3.63) is 5.69 Å². The maximum atomic E-state index is 11.4. The lowest BCUT2D eigenvalue weighted by Gasteiger charge is -2.07. The molecule has 90 valence electrons. The second-order valence-corrected chi connectivity index (χ2v) is 4.26. The van der Waals surface area contributed by atoms with Gasteiger partial charge in [0.05, 0.1) is 18.3 Å². The number of hydrogen-bond donors (Lipinski definition) is 1. The van der Waals surface area contributed by atoms with Crippen LogP contribution in [0.5, 0.6) is 5.88 Å². The van der Waals surface area contributed by atoms with Crippen molar-refractivity contribution in [2.75, 3.05) is 13.2 Å². The molecule has 0 spiro atoms. The topological polar surface area (TPSA) is 64.1 Å². The van der Waals surface area contributed by atoms with Gasteiger partial charge in [0.1, 0.15) is 12.3 Å². The lowest BCUT2D eigenvalue weighted by Crippen LogP contribution is -2.31. The maximum absolute atomic E-state index is 11.4. The zero-order valence-corrected chi connectivity index (χ0v) is 10.6. The Labute approximate surface area is 99.5 Å². The first-order valence-corrected chi connectivity index (χ1v) is 6.05. The number of aromatic nitrogens is 2. The number of ether oxygens (including phenoxy) is 1. The molecule has 0 aliphatic carbocycles. The summed E-state index contributed by atoms with van der Waals surface area (Å²) < 4.78 is 13.4. The van der Waals surface area contributed by atoms with Gasteiger partial charge in [-0.25, -0.2) is 0 Å². The largest absolute Gasteiger partial charge is 0.468 e. The molecule has 1 rings (SSSR count). The fraction of sp³-hybridized carbons (Fsp3) is 0.700. The first-order chi connectivity index (χ1) is 7.63. The highest BCUT2D eigenvalue weighted by atomic mass is 32.1. The van der Waals surface area contributed by atoms with Gasteiger partial charge in [-0.15, -0.1) is 4.37 Å². The lowest BCUT2D eigenvalue weighted by atomic mass is 10.3. The third-order valence-corrected chi connectivity index (χ3v) is 2.48. The molecule has 1 aromatic heterocycles. The van der Waals surface area contributed by atoms with E-state index in [0.717, 1.165) is 23.8 Å². The number of nitrogens with one attached hydrogen (secondary N) is 1. The molecule has 5 nitrogen and oxygen atoms in total. The van der Waals surface area contributed by atoms with Crippen LogP contribution < -0.4 is 10.1 Å². The summed E-state index contributed by atoms with van der Waals surface area (Å²) in [6.45, 7) is 6.35. The predicted molar refractivity (Wildman–Crippen MR) is 62.9 cm³/mol. The van der Waals surface area contributed by atoms with Gasteiger partial charge in [-0.2, -0.15) is 4.37 Å². The van der Waals surface area contributed by atoms with E-state index in [1.165, 1.54) is 0 Å². The van der Waals surface area contributed by atoms with E-state index in [2.05, 4.69) is 14.1 Å². The molecule has 0 saturated heterocycles. The Hall–Kier alpha value is -1.01. The highest BCUT2D eigenvalue weighted by molar-refractivity contribution is 6.99. The van der Waals surface area contributed by atoms with Crippen LogP contribution >= 0.6 is 11.7 Å². The Balaban J connectivity index is 2.31. The van der Waals surface area contributed by atoms with E-state index in [0.29, 0.717) is 18.5 Å². The molecule has 1 heterocycles. The molecule has 6 heteroatoms. The van der Waals surface area contributed by atoms with E-state index in [1.54, 1.807) is 0 Å². The summed E-state index contributed by atoms with van der Waals surface area (Å²) in [5.41, 5.74) is 0.814. The zero-order valence-electron chi connectivity index (χ0n) is 9.82. The number of ketones is 1. The molecule has 0 saturated carbocycles. The van der Waals surface area contributed by atoms with Crippen molar-refractivity contribution in [3.63, 3.8) is 0 Å². The molecule has 0 bridgehead atoms. The van der Waals surface area contributed by atoms with Crippen LogP contribution in [-0.4, -0.2) is 33.7 Å². The molecule has 0 aromatic carbocycles. The smallest absolute Gasteiger partial charge is 0.249 e. The van der Waals surface area contributed by atoms with Gasteiger partial charge in [0.15, 0.2) is 5.78 Å². The fourth-order valence-corrected chi connectivity index (χ4v) is 1.62. The number of aryl methyl sites for hydroxylation is 1. The summed E-state index contributed by atoms with van der Waals surface area (Å²) in [5.74, 6) is 0.508. The Morgan fingerprint density at radius 1 is 1.50 bits per heavy atom. The summed E-state index contributed by atoms with van der Waals surface area (Å²) in [6, 6.07) is 0.302. The zero-order chi connectivity index (χ0) is 12.0. The Morgan fingerprint density at radius 3 is 2.88 bits per heavy atom. The Kier molecular flexibility index (Phi) is 5.34. The summed E-state index contributed by atoms with van der Waals surface area (Å²) in [6.07, 6.45) is 0.768. The average molecular weight is 243 g/mol. The van der Waals surface area contributed by atoms with E-state index >= 15 is 0 Å². The van der Waals surface area contributed by atoms with Crippen LogP contribution in [0.3, 0.4) is 0 Å². The molecule has 16 heavy (non-hydrogen) atoms. The molecule has 0 unspecified atom stereocenters. The van der Waals surface area contributed by atoms with Crippen molar-refractivity contribution in [3.8, 4) is 5.88 Å². The molecule has 1 aromatic rings. The average Bonchev–Trinajstić information content (AvgIpc) is 2.70. The highest BCUT2D eigenvalue weighted by Gasteiger charge is 2.09. The summed E-state index contributed by atoms with van der Waals surface area (Å²) >= 11 is 1.11. The minimum absolute atomic E-state index is 0.0174. The standard InChI is InChI=1S/C10H17N3O2S/c1-4-9-10(13-16-12-9)15-6-8(14)5-11-7(2)3/h7,11H,4-6H2,1-3H3. The quantitative estimate of drug-likeness (QED) is 0.775. The molecule has 0 aliphatic heterocycles. The normalized spacial score (nSPS) is 10.8. The van der Waals surface area contributed by atoms with Gasteiger partial charge in [0.25, 0.3) is 0 Å². The van der Waals surface area contributed by atoms with E-state index in [9.17, 15) is 4.79 Å². The van der Waals surface area contributed by atoms with Gasteiger partial charge in [-0.1, -0.05) is 20.8 Å². The van der Waals surface area contributed by atoms with Gasteiger partial charge in [-0.3, -0.25) is 4.79 Å². The number of carbonyl (C=O) groups is 1. The van der Waals surface area contributed by atoms with Crippen molar-refractivity contribution in [1.82, 2.24) is 14.1 Å². The van der Waals surface area contributed by atoms with Crippen LogP contribution in [0.2, 0.25) is 0 Å². The van der Waals surface area contributed by atoms with Crippen molar-refractivity contribution in [2.45, 2.75) is 33.2 Å². The first kappa shape index (κ1) is 13.1. The van der Waals surface area contributed by atoms with Crippen LogP contribution in [0.15, 0.2) is 0 Å². The number of Topliss-reactive ketones (excluding diaryl/α,β-unsaturated/α-hetero) is 1. The van der Waals surface area contributed by atoms with Gasteiger partial charge in [0, 0.05) is 6.04 Å². The summed E-state index contributed by atoms with van der Waals surface area (Å²) in [4.78, 5) is 11.4. The van der Waals surface area contributed by atoms with Crippen molar-refractivity contribution >= 4 is 17.5 Å². The minimum Gasteiger partial charge on any atom is -0.468 e. The molecule has 0 radical (unpaired) electrons. The van der Waals surface area contributed by atoms with Gasteiger partial charge in [-0.05, 0) is 6.42 Å². The van der Waals surface area contributed by atoms with Crippen LogP contribution in [0.4, 0.5) is 0 Å². The summed E-state index contributed by atoms with van der Waals surface area (Å²) in [5, 5.41) is 3.04. The van der Waals surface area contributed by atoms with Crippen molar-refractivity contribution in [2.24, 2.45) is 0 Å². The van der Waals surface area contributed by atoms with Gasteiger partial charge in [0.2, 0.25) is 5.88 Å². The van der Waals surface area contributed by atoms with Crippen molar-refractivity contribution in [1.29, 1.82) is 0 Å². The third kappa shape index (κ3) is 4.24. The molecule has 0 aliphatic rings. The molecule has 0 amide bonds. The second-order valence-electron chi connectivity index (χ2n) is 3.73. The number of nitrogens with zero attached hydrogens (tertiary/aromatic N) is 2. The van der Waals surface area contributed by atoms with Gasteiger partial charge >= 0.3 is 0 Å². The predicted octanol–water partition coefficient (Wildman–Crippen LogP) is 1.05. The Bertz CT molecular complexity index is 339. The van der Waals surface area contributed by atoms with E-state index in [-0.39, 0.29) is 12.4 Å². The molecule has 0 fully saturated rings. The van der Waals surface area contributed by atoms with E-state index in [4.69, 9.17) is 4.74 Å². The number of carbonyl (C=O) groups excluding carboxylic acids is 1. The molecule has 0 atom stereocenters. The first-order valence-electron chi connectivity index (χ1n) is 5.32. The van der Waals surface area contributed by atoms with Crippen molar-refractivity contribution < 1.29 is 9.53 Å². The van der Waals surface area contributed by atoms with E-state index in [1.807, 2.05) is 20.8 Å². The molecular weight excluding hydrogens is 226 g/mol. The van der Waals surface area contributed by atoms with Crippen LogP contribution in [0, 0.1) is 0 Å². The van der Waals surface area contributed by atoms with Crippen LogP contribution in [0.1, 0.15) is 26.5 Å².